The zero-order valence-electron chi connectivity index (χ0n) is 15.3. The Morgan fingerprint density at radius 3 is 2.41 bits per heavy atom. The minimum Gasteiger partial charge on any atom is -0.299 e. The standard InChI is InChI=1S/C23H23N3O/c27-23(21-7-4-12-25-22(21)19-8-13-24-14-9-19)20-10-15-26(16-11-20)17-18-5-2-1-3-6-18/h1-9,12-14,20H,10-11,15-17H2. The molecule has 0 bridgehead atoms. The van der Waals surface area contributed by atoms with Crippen molar-refractivity contribution >= 4 is 5.78 Å². The SMILES string of the molecule is O=C(c1cccnc1-c1ccncc1)C1CCN(Cc2ccccc2)CC1. The molecule has 0 atom stereocenters. The molecule has 136 valence electrons. The molecule has 1 aromatic carbocycles. The van der Waals surface area contributed by atoms with E-state index in [1.54, 1.807) is 18.6 Å². The average molecular weight is 357 g/mol. The predicted molar refractivity (Wildman–Crippen MR) is 106 cm³/mol. The first kappa shape index (κ1) is 17.6. The second kappa shape index (κ2) is 8.23. The highest BCUT2D eigenvalue weighted by Crippen LogP contribution is 2.27. The van der Waals surface area contributed by atoms with Crippen LogP contribution in [0.4, 0.5) is 0 Å². The topological polar surface area (TPSA) is 46.1 Å². The van der Waals surface area contributed by atoms with Crippen LogP contribution in [0.1, 0.15) is 28.8 Å². The highest BCUT2D eigenvalue weighted by Gasteiger charge is 2.27. The lowest BCUT2D eigenvalue weighted by atomic mass is 9.87. The molecule has 4 nitrogen and oxygen atoms in total. The largest absolute Gasteiger partial charge is 0.299 e. The van der Waals surface area contributed by atoms with Crippen molar-refractivity contribution in [3.8, 4) is 11.3 Å². The van der Waals surface area contributed by atoms with E-state index in [9.17, 15) is 4.79 Å². The molecule has 0 amide bonds. The minimum atomic E-state index is 0.0711. The van der Waals surface area contributed by atoms with E-state index >= 15 is 0 Å². The van der Waals surface area contributed by atoms with Gasteiger partial charge < -0.3 is 0 Å². The maximum absolute atomic E-state index is 13.2. The van der Waals surface area contributed by atoms with Gasteiger partial charge in [-0.1, -0.05) is 30.3 Å². The zero-order chi connectivity index (χ0) is 18.5. The van der Waals surface area contributed by atoms with Gasteiger partial charge in [0.05, 0.1) is 5.69 Å². The number of nitrogens with zero attached hydrogens (tertiary/aromatic N) is 3. The Hall–Kier alpha value is -2.85. The fraction of sp³-hybridized carbons (Fsp3) is 0.261. The van der Waals surface area contributed by atoms with Crippen molar-refractivity contribution in [2.24, 2.45) is 5.92 Å². The fourth-order valence-electron chi connectivity index (χ4n) is 3.76. The van der Waals surface area contributed by atoms with Gasteiger partial charge >= 0.3 is 0 Å². The van der Waals surface area contributed by atoms with E-state index in [1.165, 1.54) is 5.56 Å². The van der Waals surface area contributed by atoms with Crippen LogP contribution in [-0.4, -0.2) is 33.7 Å². The van der Waals surface area contributed by atoms with Gasteiger partial charge in [-0.05, 0) is 55.8 Å². The Bertz CT molecular complexity index is 888. The van der Waals surface area contributed by atoms with Crippen LogP contribution in [0.3, 0.4) is 0 Å². The number of carbonyl (C=O) groups is 1. The summed E-state index contributed by atoms with van der Waals surface area (Å²) >= 11 is 0. The number of piperidine rings is 1. The summed E-state index contributed by atoms with van der Waals surface area (Å²) < 4.78 is 0. The monoisotopic (exact) mass is 357 g/mol. The summed E-state index contributed by atoms with van der Waals surface area (Å²) in [4.78, 5) is 24.2. The summed E-state index contributed by atoms with van der Waals surface area (Å²) in [5.41, 5.74) is 3.76. The molecule has 2 aromatic heterocycles. The summed E-state index contributed by atoms with van der Waals surface area (Å²) in [5, 5.41) is 0. The molecule has 0 spiro atoms. The van der Waals surface area contributed by atoms with Crippen LogP contribution in [-0.2, 0) is 6.54 Å². The average Bonchev–Trinajstić information content (AvgIpc) is 2.75. The van der Waals surface area contributed by atoms with Gasteiger partial charge in [-0.15, -0.1) is 0 Å². The maximum atomic E-state index is 13.2. The molecule has 0 saturated carbocycles. The quantitative estimate of drug-likeness (QED) is 0.641. The molecule has 0 N–H and O–H groups in total. The summed E-state index contributed by atoms with van der Waals surface area (Å²) in [6, 6.07) is 18.1. The first-order valence-corrected chi connectivity index (χ1v) is 9.47. The molecular weight excluding hydrogens is 334 g/mol. The predicted octanol–water partition coefficient (Wildman–Crippen LogP) is 4.24. The Morgan fingerprint density at radius 2 is 1.67 bits per heavy atom. The molecule has 4 rings (SSSR count). The van der Waals surface area contributed by atoms with Gasteiger partial charge in [-0.25, -0.2) is 0 Å². The van der Waals surface area contributed by atoms with E-state index in [-0.39, 0.29) is 11.7 Å². The molecule has 3 heterocycles. The number of likely N-dealkylation sites (tertiary alicyclic amines) is 1. The molecule has 4 heteroatoms. The van der Waals surface area contributed by atoms with E-state index in [1.807, 2.05) is 30.3 Å². The second-order valence-electron chi connectivity index (χ2n) is 7.04. The summed E-state index contributed by atoms with van der Waals surface area (Å²) in [6.45, 7) is 2.86. The third kappa shape index (κ3) is 4.12. The molecule has 0 unspecified atom stereocenters. The Kier molecular flexibility index (Phi) is 5.35. The Balaban J connectivity index is 1.44. The fourth-order valence-corrected chi connectivity index (χ4v) is 3.76. The van der Waals surface area contributed by atoms with Gasteiger partial charge in [-0.2, -0.15) is 0 Å². The Morgan fingerprint density at radius 1 is 0.926 bits per heavy atom. The third-order valence-electron chi connectivity index (χ3n) is 5.23. The van der Waals surface area contributed by atoms with Gasteiger partial charge in [0.1, 0.15) is 0 Å². The summed E-state index contributed by atoms with van der Waals surface area (Å²) in [6.07, 6.45) is 7.02. The Labute approximate surface area is 159 Å². The van der Waals surface area contributed by atoms with Gasteiger partial charge in [0, 0.05) is 42.2 Å². The van der Waals surface area contributed by atoms with Crippen molar-refractivity contribution in [1.29, 1.82) is 0 Å². The van der Waals surface area contributed by atoms with E-state index < -0.39 is 0 Å². The van der Waals surface area contributed by atoms with Gasteiger partial charge in [-0.3, -0.25) is 19.7 Å². The van der Waals surface area contributed by atoms with Crippen molar-refractivity contribution in [1.82, 2.24) is 14.9 Å². The van der Waals surface area contributed by atoms with E-state index in [2.05, 4.69) is 39.1 Å². The molecule has 1 saturated heterocycles. The molecule has 1 aliphatic rings. The zero-order valence-corrected chi connectivity index (χ0v) is 15.3. The number of aromatic nitrogens is 2. The van der Waals surface area contributed by atoms with Crippen LogP contribution < -0.4 is 0 Å². The molecule has 27 heavy (non-hydrogen) atoms. The van der Waals surface area contributed by atoms with Crippen LogP contribution >= 0.6 is 0 Å². The number of hydrogen-bond donors (Lipinski definition) is 0. The van der Waals surface area contributed by atoms with Crippen LogP contribution in [0.15, 0.2) is 73.2 Å². The van der Waals surface area contributed by atoms with E-state index in [4.69, 9.17) is 0 Å². The number of Topliss-reactive ketones (excluding diaryl/α,β-unsaturated/α-hetero) is 1. The minimum absolute atomic E-state index is 0.0711. The highest BCUT2D eigenvalue weighted by atomic mass is 16.1. The molecule has 1 fully saturated rings. The molecule has 1 aliphatic heterocycles. The number of pyridine rings is 2. The first-order valence-electron chi connectivity index (χ1n) is 9.47. The van der Waals surface area contributed by atoms with Crippen LogP contribution in [0.2, 0.25) is 0 Å². The van der Waals surface area contributed by atoms with Crippen molar-refractivity contribution in [2.45, 2.75) is 19.4 Å². The number of hydrogen-bond acceptors (Lipinski definition) is 4. The second-order valence-corrected chi connectivity index (χ2v) is 7.04. The molecule has 0 aliphatic carbocycles. The van der Waals surface area contributed by atoms with Crippen molar-refractivity contribution < 1.29 is 4.79 Å². The highest BCUT2D eigenvalue weighted by molar-refractivity contribution is 6.02. The number of carbonyl (C=O) groups excluding carboxylic acids is 1. The molecule has 3 aromatic rings. The molecule has 0 radical (unpaired) electrons. The lowest BCUT2D eigenvalue weighted by molar-refractivity contribution is 0.0835. The third-order valence-corrected chi connectivity index (χ3v) is 5.23. The smallest absolute Gasteiger partial charge is 0.168 e. The summed E-state index contributed by atoms with van der Waals surface area (Å²) in [7, 11) is 0. The number of rotatable bonds is 5. The number of ketones is 1. The normalized spacial score (nSPS) is 15.6. The molecular formula is C23H23N3O. The summed E-state index contributed by atoms with van der Waals surface area (Å²) in [5.74, 6) is 0.288. The van der Waals surface area contributed by atoms with Crippen LogP contribution in [0.5, 0.6) is 0 Å². The van der Waals surface area contributed by atoms with Gasteiger partial charge in [0.15, 0.2) is 5.78 Å². The van der Waals surface area contributed by atoms with Crippen LogP contribution in [0.25, 0.3) is 11.3 Å². The lowest BCUT2D eigenvalue weighted by Crippen LogP contribution is -2.36. The van der Waals surface area contributed by atoms with Crippen molar-refractivity contribution in [3.63, 3.8) is 0 Å². The van der Waals surface area contributed by atoms with E-state index in [0.29, 0.717) is 0 Å². The maximum Gasteiger partial charge on any atom is 0.168 e. The lowest BCUT2D eigenvalue weighted by Gasteiger charge is -2.31. The van der Waals surface area contributed by atoms with Gasteiger partial charge in [0.2, 0.25) is 0 Å². The first-order chi connectivity index (χ1) is 13.3. The van der Waals surface area contributed by atoms with Gasteiger partial charge in [0.25, 0.3) is 0 Å². The van der Waals surface area contributed by atoms with Crippen LogP contribution in [0, 0.1) is 5.92 Å². The van der Waals surface area contributed by atoms with E-state index in [0.717, 1.165) is 49.3 Å². The number of benzene rings is 1. The van der Waals surface area contributed by atoms with Crippen molar-refractivity contribution in [3.05, 3.63) is 84.3 Å². The van der Waals surface area contributed by atoms with Crippen molar-refractivity contribution in [2.75, 3.05) is 13.1 Å².